The van der Waals surface area contributed by atoms with Crippen molar-refractivity contribution in [3.8, 4) is 0 Å². The Balaban J connectivity index is 1.67. The molecule has 1 heterocycles. The van der Waals surface area contributed by atoms with Gasteiger partial charge < -0.3 is 15.5 Å². The number of carbonyl (C=O) groups is 2. The minimum atomic E-state index is -0.165. The van der Waals surface area contributed by atoms with E-state index in [-0.39, 0.29) is 24.9 Å². The van der Waals surface area contributed by atoms with Crippen LogP contribution in [0, 0.1) is 0 Å². The standard InChI is InChI=1S/C16H23N3O2/c1-2-13-5-7-14(8-6-13)17-11-15(20)18-12-16(21)19-9-3-4-10-19/h5-8,17H,2-4,9-12H2,1H3,(H,18,20). The summed E-state index contributed by atoms with van der Waals surface area (Å²) in [6.07, 6.45) is 3.13. The first kappa shape index (κ1) is 15.4. The molecule has 0 spiro atoms. The molecule has 0 aromatic heterocycles. The third-order valence-corrected chi connectivity index (χ3v) is 3.71. The first-order chi connectivity index (χ1) is 10.2. The Morgan fingerprint density at radius 1 is 1.10 bits per heavy atom. The lowest BCUT2D eigenvalue weighted by Crippen LogP contribution is -2.40. The molecule has 114 valence electrons. The van der Waals surface area contributed by atoms with Crippen molar-refractivity contribution >= 4 is 17.5 Å². The summed E-state index contributed by atoms with van der Waals surface area (Å²) >= 11 is 0. The highest BCUT2D eigenvalue weighted by molar-refractivity contribution is 5.86. The normalized spacial score (nSPS) is 14.0. The molecule has 0 unspecified atom stereocenters. The van der Waals surface area contributed by atoms with E-state index in [2.05, 4.69) is 17.6 Å². The number of rotatable bonds is 6. The van der Waals surface area contributed by atoms with Gasteiger partial charge in [-0.3, -0.25) is 9.59 Å². The quantitative estimate of drug-likeness (QED) is 0.832. The molecule has 1 saturated heterocycles. The summed E-state index contributed by atoms with van der Waals surface area (Å²) in [6.45, 7) is 4.01. The fourth-order valence-corrected chi connectivity index (χ4v) is 2.36. The zero-order chi connectivity index (χ0) is 15.1. The van der Waals surface area contributed by atoms with Crippen LogP contribution < -0.4 is 10.6 Å². The summed E-state index contributed by atoms with van der Waals surface area (Å²) in [4.78, 5) is 25.3. The smallest absolute Gasteiger partial charge is 0.241 e. The van der Waals surface area contributed by atoms with Crippen LogP contribution in [-0.2, 0) is 16.0 Å². The topological polar surface area (TPSA) is 61.4 Å². The van der Waals surface area contributed by atoms with Gasteiger partial charge in [-0.05, 0) is 37.0 Å². The number of hydrogen-bond acceptors (Lipinski definition) is 3. The van der Waals surface area contributed by atoms with Gasteiger partial charge in [0, 0.05) is 18.8 Å². The molecule has 2 amide bonds. The molecule has 0 atom stereocenters. The molecule has 5 nitrogen and oxygen atoms in total. The number of nitrogens with one attached hydrogen (secondary N) is 2. The molecule has 0 aliphatic carbocycles. The third-order valence-electron chi connectivity index (χ3n) is 3.71. The maximum atomic E-state index is 11.8. The van der Waals surface area contributed by atoms with Gasteiger partial charge in [0.2, 0.25) is 11.8 Å². The van der Waals surface area contributed by atoms with Crippen LogP contribution in [0.3, 0.4) is 0 Å². The minimum Gasteiger partial charge on any atom is -0.376 e. The monoisotopic (exact) mass is 289 g/mol. The number of likely N-dealkylation sites (tertiary alicyclic amines) is 1. The van der Waals surface area contributed by atoms with E-state index in [0.717, 1.165) is 38.0 Å². The summed E-state index contributed by atoms with van der Waals surface area (Å²) in [5, 5.41) is 5.71. The minimum absolute atomic E-state index is 0.00755. The third kappa shape index (κ3) is 4.77. The van der Waals surface area contributed by atoms with Crippen LogP contribution in [0.1, 0.15) is 25.3 Å². The molecule has 21 heavy (non-hydrogen) atoms. The van der Waals surface area contributed by atoms with Crippen LogP contribution >= 0.6 is 0 Å². The van der Waals surface area contributed by atoms with E-state index < -0.39 is 0 Å². The first-order valence-electron chi connectivity index (χ1n) is 7.56. The van der Waals surface area contributed by atoms with Gasteiger partial charge in [0.15, 0.2) is 0 Å². The van der Waals surface area contributed by atoms with Gasteiger partial charge in [0.1, 0.15) is 0 Å². The number of amides is 2. The van der Waals surface area contributed by atoms with Gasteiger partial charge in [-0.1, -0.05) is 19.1 Å². The number of hydrogen-bond donors (Lipinski definition) is 2. The summed E-state index contributed by atoms with van der Waals surface area (Å²) < 4.78 is 0. The van der Waals surface area contributed by atoms with Crippen LogP contribution in [0.2, 0.25) is 0 Å². The largest absolute Gasteiger partial charge is 0.376 e. The van der Waals surface area contributed by atoms with Crippen molar-refractivity contribution in [2.75, 3.05) is 31.5 Å². The van der Waals surface area contributed by atoms with Gasteiger partial charge in [-0.15, -0.1) is 0 Å². The van der Waals surface area contributed by atoms with Crippen molar-refractivity contribution in [3.63, 3.8) is 0 Å². The Hall–Kier alpha value is -2.04. The van der Waals surface area contributed by atoms with Crippen molar-refractivity contribution in [2.24, 2.45) is 0 Å². The van der Waals surface area contributed by atoms with Crippen molar-refractivity contribution in [1.82, 2.24) is 10.2 Å². The van der Waals surface area contributed by atoms with Crippen LogP contribution in [0.5, 0.6) is 0 Å². The Morgan fingerprint density at radius 3 is 2.38 bits per heavy atom. The predicted octanol–water partition coefficient (Wildman–Crippen LogP) is 1.40. The van der Waals surface area contributed by atoms with E-state index in [9.17, 15) is 9.59 Å². The maximum Gasteiger partial charge on any atom is 0.241 e. The number of nitrogens with zero attached hydrogens (tertiary/aromatic N) is 1. The number of carbonyl (C=O) groups excluding carboxylic acids is 2. The molecular weight excluding hydrogens is 266 g/mol. The Labute approximate surface area is 125 Å². The molecule has 1 aromatic carbocycles. The highest BCUT2D eigenvalue weighted by Crippen LogP contribution is 2.09. The van der Waals surface area contributed by atoms with Crippen LogP contribution in [0.25, 0.3) is 0 Å². The second kappa shape index (κ2) is 7.67. The van der Waals surface area contributed by atoms with Gasteiger partial charge in [0.25, 0.3) is 0 Å². The zero-order valence-corrected chi connectivity index (χ0v) is 12.5. The second-order valence-corrected chi connectivity index (χ2v) is 5.27. The van der Waals surface area contributed by atoms with E-state index in [1.807, 2.05) is 24.3 Å². The van der Waals surface area contributed by atoms with Crippen molar-refractivity contribution in [2.45, 2.75) is 26.2 Å². The molecule has 0 bridgehead atoms. The average Bonchev–Trinajstić information content (AvgIpc) is 3.05. The summed E-state index contributed by atoms with van der Waals surface area (Å²) in [6, 6.07) is 8.00. The SMILES string of the molecule is CCc1ccc(NCC(=O)NCC(=O)N2CCCC2)cc1. The van der Waals surface area contributed by atoms with Gasteiger partial charge in [-0.25, -0.2) is 0 Å². The summed E-state index contributed by atoms with van der Waals surface area (Å²) in [5.41, 5.74) is 2.18. The molecule has 2 rings (SSSR count). The number of benzene rings is 1. The lowest BCUT2D eigenvalue weighted by molar-refractivity contribution is -0.131. The summed E-state index contributed by atoms with van der Waals surface area (Å²) in [7, 11) is 0. The molecule has 0 saturated carbocycles. The lowest BCUT2D eigenvalue weighted by Gasteiger charge is -2.15. The van der Waals surface area contributed by atoms with Crippen LogP contribution in [-0.4, -0.2) is 42.9 Å². The van der Waals surface area contributed by atoms with Crippen LogP contribution in [0.15, 0.2) is 24.3 Å². The molecule has 1 aliphatic rings. The summed E-state index contributed by atoms with van der Waals surface area (Å²) in [5.74, 6) is -0.157. The maximum absolute atomic E-state index is 11.8. The number of aryl methyl sites for hydroxylation is 1. The Kier molecular flexibility index (Phi) is 5.60. The van der Waals surface area contributed by atoms with Gasteiger partial charge >= 0.3 is 0 Å². The highest BCUT2D eigenvalue weighted by Gasteiger charge is 2.17. The zero-order valence-electron chi connectivity index (χ0n) is 12.5. The fraction of sp³-hybridized carbons (Fsp3) is 0.500. The number of anilines is 1. The lowest BCUT2D eigenvalue weighted by atomic mass is 10.1. The molecule has 1 aliphatic heterocycles. The van der Waals surface area contributed by atoms with E-state index in [1.165, 1.54) is 5.56 Å². The van der Waals surface area contributed by atoms with E-state index in [0.29, 0.717) is 0 Å². The van der Waals surface area contributed by atoms with Crippen molar-refractivity contribution in [3.05, 3.63) is 29.8 Å². The molecule has 0 radical (unpaired) electrons. The molecule has 5 heteroatoms. The Bertz CT molecular complexity index is 479. The van der Waals surface area contributed by atoms with Gasteiger partial charge in [-0.2, -0.15) is 0 Å². The first-order valence-corrected chi connectivity index (χ1v) is 7.56. The average molecular weight is 289 g/mol. The predicted molar refractivity (Wildman–Crippen MR) is 83.1 cm³/mol. The van der Waals surface area contributed by atoms with Gasteiger partial charge in [0.05, 0.1) is 13.1 Å². The molecule has 2 N–H and O–H groups in total. The van der Waals surface area contributed by atoms with E-state index in [1.54, 1.807) is 4.90 Å². The molecular formula is C16H23N3O2. The van der Waals surface area contributed by atoms with Crippen molar-refractivity contribution in [1.29, 1.82) is 0 Å². The van der Waals surface area contributed by atoms with Crippen molar-refractivity contribution < 1.29 is 9.59 Å². The Morgan fingerprint density at radius 2 is 1.76 bits per heavy atom. The van der Waals surface area contributed by atoms with E-state index >= 15 is 0 Å². The second-order valence-electron chi connectivity index (χ2n) is 5.27. The molecule has 1 fully saturated rings. The van der Waals surface area contributed by atoms with E-state index in [4.69, 9.17) is 0 Å². The van der Waals surface area contributed by atoms with Crippen LogP contribution in [0.4, 0.5) is 5.69 Å². The highest BCUT2D eigenvalue weighted by atomic mass is 16.2. The fourth-order valence-electron chi connectivity index (χ4n) is 2.36. The molecule has 1 aromatic rings.